The van der Waals surface area contributed by atoms with Gasteiger partial charge in [0.05, 0.1) is 4.92 Å². The van der Waals surface area contributed by atoms with Crippen LogP contribution in [0.15, 0.2) is 12.3 Å². The predicted molar refractivity (Wildman–Crippen MR) is 70.2 cm³/mol. The third-order valence-electron chi connectivity index (χ3n) is 3.06. The average Bonchev–Trinajstić information content (AvgIpc) is 2.91. The number of carbonyl (C=O) groups excluding carboxylic acids is 1. The van der Waals surface area contributed by atoms with Crippen LogP contribution < -0.4 is 5.32 Å². The van der Waals surface area contributed by atoms with Crippen molar-refractivity contribution in [2.45, 2.75) is 19.8 Å². The summed E-state index contributed by atoms with van der Waals surface area (Å²) < 4.78 is 0. The van der Waals surface area contributed by atoms with Crippen LogP contribution in [0, 0.1) is 10.1 Å². The Kier molecular flexibility index (Phi) is 3.94. The normalized spacial score (nSPS) is 14.5. The Labute approximate surface area is 110 Å². The molecule has 1 aromatic rings. The van der Waals surface area contributed by atoms with Crippen molar-refractivity contribution in [1.82, 2.24) is 9.88 Å². The number of likely N-dealkylation sites (tertiary alicyclic amines) is 1. The Morgan fingerprint density at radius 2 is 2.21 bits per heavy atom. The molecule has 0 unspecified atom stereocenters. The number of anilines is 1. The number of hydrogen-bond acceptors (Lipinski definition) is 5. The summed E-state index contributed by atoms with van der Waals surface area (Å²) in [6.45, 7) is 3.86. The van der Waals surface area contributed by atoms with E-state index in [0.29, 0.717) is 25.5 Å². The fourth-order valence-electron chi connectivity index (χ4n) is 2.13. The summed E-state index contributed by atoms with van der Waals surface area (Å²) in [7, 11) is 0. The lowest BCUT2D eigenvalue weighted by Crippen LogP contribution is -2.28. The van der Waals surface area contributed by atoms with Crippen molar-refractivity contribution in [2.24, 2.45) is 0 Å². The fraction of sp³-hybridized carbons (Fsp3) is 0.500. The number of carbonyl (C=O) groups is 1. The first-order valence-corrected chi connectivity index (χ1v) is 6.31. The van der Waals surface area contributed by atoms with Crippen LogP contribution in [0.2, 0.25) is 0 Å². The van der Waals surface area contributed by atoms with Gasteiger partial charge in [-0.15, -0.1) is 0 Å². The molecule has 1 aliphatic heterocycles. The summed E-state index contributed by atoms with van der Waals surface area (Å²) in [5.74, 6) is 0.196. The van der Waals surface area contributed by atoms with Crippen molar-refractivity contribution < 1.29 is 9.72 Å². The van der Waals surface area contributed by atoms with E-state index in [9.17, 15) is 14.9 Å². The minimum atomic E-state index is -0.563. The van der Waals surface area contributed by atoms with Gasteiger partial charge in [0.1, 0.15) is 17.6 Å². The summed E-state index contributed by atoms with van der Waals surface area (Å²) in [4.78, 5) is 28.3. The molecule has 102 valence electrons. The number of nitro groups is 1. The molecule has 0 spiro atoms. The molecule has 1 aromatic heterocycles. The molecule has 1 saturated heterocycles. The molecule has 1 fully saturated rings. The molecule has 7 heteroatoms. The number of pyridine rings is 1. The van der Waals surface area contributed by atoms with Crippen molar-refractivity contribution in [3.8, 4) is 0 Å². The molecule has 0 aromatic carbocycles. The number of aromatic nitrogens is 1. The van der Waals surface area contributed by atoms with Gasteiger partial charge < -0.3 is 10.2 Å². The monoisotopic (exact) mass is 264 g/mol. The standard InChI is InChI=1S/C12H16N4O3/c1-2-13-11-7-9(10(8-14-11)16(18)19)12(17)15-5-3-4-6-15/h7-8H,2-6H2,1H3,(H,13,14). The van der Waals surface area contributed by atoms with E-state index in [2.05, 4.69) is 10.3 Å². The van der Waals surface area contributed by atoms with Gasteiger partial charge in [-0.05, 0) is 19.8 Å². The van der Waals surface area contributed by atoms with Gasteiger partial charge in [0.2, 0.25) is 0 Å². The first-order valence-electron chi connectivity index (χ1n) is 6.31. The van der Waals surface area contributed by atoms with Gasteiger partial charge in [-0.25, -0.2) is 4.98 Å². The second-order valence-corrected chi connectivity index (χ2v) is 4.37. The summed E-state index contributed by atoms with van der Waals surface area (Å²) in [6, 6.07) is 1.46. The topological polar surface area (TPSA) is 88.4 Å². The molecule has 0 radical (unpaired) electrons. The van der Waals surface area contributed by atoms with E-state index in [1.807, 2.05) is 6.92 Å². The fourth-order valence-corrected chi connectivity index (χ4v) is 2.13. The van der Waals surface area contributed by atoms with Crippen LogP contribution in [-0.4, -0.2) is 40.3 Å². The highest BCUT2D eigenvalue weighted by molar-refractivity contribution is 5.98. The lowest BCUT2D eigenvalue weighted by molar-refractivity contribution is -0.385. The van der Waals surface area contributed by atoms with Crippen LogP contribution in [0.5, 0.6) is 0 Å². The summed E-state index contributed by atoms with van der Waals surface area (Å²) in [5, 5.41) is 13.9. The molecule has 2 heterocycles. The zero-order valence-corrected chi connectivity index (χ0v) is 10.8. The second kappa shape index (κ2) is 5.64. The van der Waals surface area contributed by atoms with E-state index in [4.69, 9.17) is 0 Å². The van der Waals surface area contributed by atoms with Crippen molar-refractivity contribution in [3.63, 3.8) is 0 Å². The largest absolute Gasteiger partial charge is 0.370 e. The van der Waals surface area contributed by atoms with Gasteiger partial charge >= 0.3 is 0 Å². The molecule has 1 amide bonds. The molecule has 1 N–H and O–H groups in total. The zero-order chi connectivity index (χ0) is 13.8. The van der Waals surface area contributed by atoms with E-state index in [1.54, 1.807) is 4.90 Å². The van der Waals surface area contributed by atoms with E-state index in [1.165, 1.54) is 6.07 Å². The summed E-state index contributed by atoms with van der Waals surface area (Å²) in [5.41, 5.74) is -0.128. The van der Waals surface area contributed by atoms with E-state index >= 15 is 0 Å². The smallest absolute Gasteiger partial charge is 0.300 e. The second-order valence-electron chi connectivity index (χ2n) is 4.37. The Morgan fingerprint density at radius 1 is 1.53 bits per heavy atom. The van der Waals surface area contributed by atoms with Crippen molar-refractivity contribution in [2.75, 3.05) is 25.0 Å². The Bertz CT molecular complexity index is 498. The van der Waals surface area contributed by atoms with Gasteiger partial charge in [-0.3, -0.25) is 14.9 Å². The van der Waals surface area contributed by atoms with Gasteiger partial charge in [-0.2, -0.15) is 0 Å². The quantitative estimate of drug-likeness (QED) is 0.660. The molecule has 1 aliphatic rings. The van der Waals surface area contributed by atoms with Crippen LogP contribution in [0.1, 0.15) is 30.1 Å². The first-order chi connectivity index (χ1) is 9.13. The molecular formula is C12H16N4O3. The van der Waals surface area contributed by atoms with Crippen LogP contribution in [0.4, 0.5) is 11.5 Å². The minimum absolute atomic E-state index is 0.109. The maximum Gasteiger partial charge on any atom is 0.300 e. The Hall–Kier alpha value is -2.18. The number of hydrogen-bond donors (Lipinski definition) is 1. The number of nitrogens with one attached hydrogen (secondary N) is 1. The molecule has 19 heavy (non-hydrogen) atoms. The molecule has 0 saturated carbocycles. The maximum absolute atomic E-state index is 12.3. The third-order valence-corrected chi connectivity index (χ3v) is 3.06. The number of nitrogens with zero attached hydrogens (tertiary/aromatic N) is 3. The van der Waals surface area contributed by atoms with Crippen LogP contribution in [-0.2, 0) is 0 Å². The Balaban J connectivity index is 2.36. The summed E-state index contributed by atoms with van der Waals surface area (Å²) >= 11 is 0. The van der Waals surface area contributed by atoms with E-state index in [0.717, 1.165) is 19.0 Å². The minimum Gasteiger partial charge on any atom is -0.370 e. The van der Waals surface area contributed by atoms with Crippen LogP contribution in [0.25, 0.3) is 0 Å². The maximum atomic E-state index is 12.3. The average molecular weight is 264 g/mol. The lowest BCUT2D eigenvalue weighted by atomic mass is 10.2. The van der Waals surface area contributed by atoms with Crippen molar-refractivity contribution in [3.05, 3.63) is 27.9 Å². The Morgan fingerprint density at radius 3 is 2.79 bits per heavy atom. The molecule has 0 atom stereocenters. The molecule has 0 bridgehead atoms. The lowest BCUT2D eigenvalue weighted by Gasteiger charge is -2.15. The predicted octanol–water partition coefficient (Wildman–Crippen LogP) is 1.66. The van der Waals surface area contributed by atoms with Gasteiger partial charge in [0.25, 0.3) is 11.6 Å². The van der Waals surface area contributed by atoms with Gasteiger partial charge in [-0.1, -0.05) is 0 Å². The van der Waals surface area contributed by atoms with Crippen LogP contribution in [0.3, 0.4) is 0 Å². The number of rotatable bonds is 4. The molecule has 7 nitrogen and oxygen atoms in total. The molecule has 0 aliphatic carbocycles. The van der Waals surface area contributed by atoms with Gasteiger partial charge in [0, 0.05) is 25.7 Å². The summed E-state index contributed by atoms with van der Waals surface area (Å²) in [6.07, 6.45) is 3.04. The zero-order valence-electron chi connectivity index (χ0n) is 10.8. The van der Waals surface area contributed by atoms with Crippen molar-refractivity contribution in [1.29, 1.82) is 0 Å². The molecule has 2 rings (SSSR count). The highest BCUT2D eigenvalue weighted by Gasteiger charge is 2.27. The first kappa shape index (κ1) is 13.3. The van der Waals surface area contributed by atoms with Crippen molar-refractivity contribution >= 4 is 17.4 Å². The highest BCUT2D eigenvalue weighted by Crippen LogP contribution is 2.23. The number of amides is 1. The molecular weight excluding hydrogens is 248 g/mol. The van der Waals surface area contributed by atoms with E-state index in [-0.39, 0.29) is 17.2 Å². The van der Waals surface area contributed by atoms with Gasteiger partial charge in [0.15, 0.2) is 0 Å². The SMILES string of the molecule is CCNc1cc(C(=O)N2CCCC2)c([N+](=O)[O-])cn1. The highest BCUT2D eigenvalue weighted by atomic mass is 16.6. The van der Waals surface area contributed by atoms with E-state index < -0.39 is 4.92 Å². The third kappa shape index (κ3) is 2.81. The van der Waals surface area contributed by atoms with Crippen LogP contribution >= 0.6 is 0 Å².